The third-order valence-electron chi connectivity index (χ3n) is 5.67. The molecule has 0 radical (unpaired) electrons. The highest BCUT2D eigenvalue weighted by molar-refractivity contribution is 5.89. The molecule has 2 heterocycles. The second-order valence-electron chi connectivity index (χ2n) is 7.65. The van der Waals surface area contributed by atoms with E-state index in [4.69, 9.17) is 14.2 Å². The number of urea groups is 1. The molecule has 3 rings (SSSR count). The number of hydrogen-bond donors (Lipinski definition) is 4. The molecule has 2 aliphatic heterocycles. The van der Waals surface area contributed by atoms with Crippen molar-refractivity contribution < 1.29 is 29.2 Å². The zero-order chi connectivity index (χ0) is 21.7. The highest BCUT2D eigenvalue weighted by Crippen LogP contribution is 2.27. The van der Waals surface area contributed by atoms with E-state index in [0.29, 0.717) is 17.2 Å². The maximum absolute atomic E-state index is 12.4. The van der Waals surface area contributed by atoms with Crippen LogP contribution in [0, 0.1) is 0 Å². The van der Waals surface area contributed by atoms with E-state index in [9.17, 15) is 15.0 Å². The van der Waals surface area contributed by atoms with E-state index in [1.165, 1.54) is 14.2 Å². The number of aliphatic hydroxyl groups excluding tert-OH is 2. The van der Waals surface area contributed by atoms with Crippen LogP contribution in [0.15, 0.2) is 18.2 Å². The van der Waals surface area contributed by atoms with E-state index in [2.05, 4.69) is 27.5 Å². The lowest BCUT2D eigenvalue weighted by molar-refractivity contribution is -0.0205. The van der Waals surface area contributed by atoms with E-state index in [0.717, 1.165) is 26.2 Å². The van der Waals surface area contributed by atoms with Gasteiger partial charge in [0, 0.05) is 56.6 Å². The summed E-state index contributed by atoms with van der Waals surface area (Å²) in [5, 5.41) is 25.8. The van der Waals surface area contributed by atoms with Crippen molar-refractivity contribution in [3.8, 4) is 11.5 Å². The first-order valence-corrected chi connectivity index (χ1v) is 10.1. The number of hydrogen-bond acceptors (Lipinski definition) is 8. The van der Waals surface area contributed by atoms with Crippen LogP contribution in [0.25, 0.3) is 0 Å². The van der Waals surface area contributed by atoms with Gasteiger partial charge in [-0.15, -0.1) is 0 Å². The van der Waals surface area contributed by atoms with E-state index in [1.807, 2.05) is 0 Å². The third kappa shape index (κ3) is 5.32. The third-order valence-corrected chi connectivity index (χ3v) is 5.67. The first kappa shape index (κ1) is 22.6. The molecule has 1 aromatic rings. The van der Waals surface area contributed by atoms with E-state index in [-0.39, 0.29) is 19.2 Å². The number of ether oxygens (including phenoxy) is 3. The molecule has 0 unspecified atom stereocenters. The Balaban J connectivity index is 1.60. The second kappa shape index (κ2) is 10.3. The predicted molar refractivity (Wildman–Crippen MR) is 111 cm³/mol. The summed E-state index contributed by atoms with van der Waals surface area (Å²) in [6, 6.07) is 4.40. The summed E-state index contributed by atoms with van der Waals surface area (Å²) in [7, 11) is 5.14. The van der Waals surface area contributed by atoms with Crippen molar-refractivity contribution in [2.24, 2.45) is 0 Å². The fourth-order valence-corrected chi connectivity index (χ4v) is 3.96. The van der Waals surface area contributed by atoms with Gasteiger partial charge in [0.05, 0.1) is 33.0 Å². The number of rotatable bonds is 7. The summed E-state index contributed by atoms with van der Waals surface area (Å²) in [6.45, 7) is 3.32. The molecule has 2 aliphatic rings. The lowest BCUT2D eigenvalue weighted by Gasteiger charge is -2.39. The van der Waals surface area contributed by atoms with Crippen molar-refractivity contribution in [3.63, 3.8) is 0 Å². The Kier molecular flexibility index (Phi) is 7.73. The van der Waals surface area contributed by atoms with Gasteiger partial charge in [-0.3, -0.25) is 4.90 Å². The van der Waals surface area contributed by atoms with Gasteiger partial charge in [-0.1, -0.05) is 0 Å². The first-order chi connectivity index (χ1) is 14.4. The van der Waals surface area contributed by atoms with Crippen molar-refractivity contribution >= 4 is 11.7 Å². The van der Waals surface area contributed by atoms with Crippen LogP contribution < -0.4 is 20.1 Å². The number of amides is 2. The minimum Gasteiger partial charge on any atom is -0.497 e. The Morgan fingerprint density at radius 2 is 1.77 bits per heavy atom. The summed E-state index contributed by atoms with van der Waals surface area (Å²) in [4.78, 5) is 16.8. The van der Waals surface area contributed by atoms with Crippen molar-refractivity contribution in [1.29, 1.82) is 0 Å². The van der Waals surface area contributed by atoms with Gasteiger partial charge >= 0.3 is 6.03 Å². The quantitative estimate of drug-likeness (QED) is 0.466. The van der Waals surface area contributed by atoms with Crippen molar-refractivity contribution in [2.75, 3.05) is 65.9 Å². The number of piperazine rings is 1. The molecule has 0 bridgehead atoms. The van der Waals surface area contributed by atoms with E-state index >= 15 is 0 Å². The average molecular weight is 424 g/mol. The lowest BCUT2D eigenvalue weighted by Crippen LogP contribution is -2.57. The highest BCUT2D eigenvalue weighted by atomic mass is 16.5. The monoisotopic (exact) mass is 424 g/mol. The summed E-state index contributed by atoms with van der Waals surface area (Å²) in [5.41, 5.74) is 0.528. The van der Waals surface area contributed by atoms with Crippen LogP contribution in [-0.4, -0.2) is 111 Å². The number of aliphatic hydroxyl groups is 2. The van der Waals surface area contributed by atoms with Crippen LogP contribution in [0.3, 0.4) is 0 Å². The molecular formula is C20H32N4O6. The van der Waals surface area contributed by atoms with Crippen LogP contribution in [0.2, 0.25) is 0 Å². The maximum Gasteiger partial charge on any atom is 0.319 e. The smallest absolute Gasteiger partial charge is 0.319 e. The van der Waals surface area contributed by atoms with Gasteiger partial charge in [-0.05, 0) is 7.05 Å². The van der Waals surface area contributed by atoms with E-state index < -0.39 is 24.3 Å². The van der Waals surface area contributed by atoms with Crippen LogP contribution in [0.1, 0.15) is 0 Å². The Morgan fingerprint density at radius 1 is 1.13 bits per heavy atom. The topological polar surface area (TPSA) is 116 Å². The Hall–Kier alpha value is -2.11. The fourth-order valence-electron chi connectivity index (χ4n) is 3.96. The highest BCUT2D eigenvalue weighted by Gasteiger charge is 2.46. The molecule has 0 saturated carbocycles. The average Bonchev–Trinajstić information content (AvgIpc) is 3.07. The summed E-state index contributed by atoms with van der Waals surface area (Å²) >= 11 is 0. The van der Waals surface area contributed by atoms with Gasteiger partial charge in [0.25, 0.3) is 0 Å². The molecule has 30 heavy (non-hydrogen) atoms. The molecule has 4 atom stereocenters. The summed E-state index contributed by atoms with van der Waals surface area (Å²) in [5.74, 6) is 1.13. The molecule has 2 saturated heterocycles. The fraction of sp³-hybridized carbons (Fsp3) is 0.650. The Morgan fingerprint density at radius 3 is 2.33 bits per heavy atom. The molecule has 0 aromatic heterocycles. The number of methoxy groups -OCH3 is 2. The molecule has 10 nitrogen and oxygen atoms in total. The normalized spacial score (nSPS) is 27.6. The van der Waals surface area contributed by atoms with Gasteiger partial charge in [-0.2, -0.15) is 0 Å². The number of anilines is 1. The van der Waals surface area contributed by atoms with Crippen LogP contribution >= 0.6 is 0 Å². The van der Waals surface area contributed by atoms with Gasteiger partial charge in [-0.25, -0.2) is 4.79 Å². The molecule has 2 fully saturated rings. The minimum absolute atomic E-state index is 0.206. The second-order valence-corrected chi connectivity index (χ2v) is 7.65. The van der Waals surface area contributed by atoms with Crippen molar-refractivity contribution in [1.82, 2.24) is 15.1 Å². The SMILES string of the molecule is COc1cc(NC(=O)NC[C@H]2O[C@@H](CO)[C@@H](O)[C@@H]2N2CCN(C)CC2)cc(OC)c1. The number of likely N-dealkylation sites (N-methyl/N-ethyl adjacent to an activating group) is 1. The number of carbonyl (C=O) groups excluding carboxylic acids is 1. The van der Waals surface area contributed by atoms with Crippen LogP contribution in [0.4, 0.5) is 10.5 Å². The van der Waals surface area contributed by atoms with Gasteiger partial charge in [0.15, 0.2) is 0 Å². The standard InChI is InChI=1S/C20H32N4O6/c1-23-4-6-24(7-5-23)18-16(30-17(12-25)19(18)26)11-21-20(27)22-13-8-14(28-2)10-15(9-13)29-3/h8-10,16-19,25-26H,4-7,11-12H2,1-3H3,(H2,21,22,27)/t16-,17+,18-,19-/m1/s1. The Bertz CT molecular complexity index is 690. The minimum atomic E-state index is -0.809. The maximum atomic E-state index is 12.4. The largest absolute Gasteiger partial charge is 0.497 e. The number of nitrogens with one attached hydrogen (secondary N) is 2. The molecule has 2 amide bonds. The zero-order valence-corrected chi connectivity index (χ0v) is 17.7. The predicted octanol–water partition coefficient (Wildman–Crippen LogP) is -0.438. The van der Waals surface area contributed by atoms with Crippen molar-refractivity contribution in [3.05, 3.63) is 18.2 Å². The van der Waals surface area contributed by atoms with Crippen LogP contribution in [-0.2, 0) is 4.74 Å². The van der Waals surface area contributed by atoms with Gasteiger partial charge in [0.1, 0.15) is 23.7 Å². The molecule has 10 heteroatoms. The molecule has 0 spiro atoms. The molecule has 0 aliphatic carbocycles. The van der Waals surface area contributed by atoms with Gasteiger partial charge < -0.3 is 40.0 Å². The van der Waals surface area contributed by atoms with E-state index in [1.54, 1.807) is 18.2 Å². The molecule has 168 valence electrons. The van der Waals surface area contributed by atoms with Crippen LogP contribution in [0.5, 0.6) is 11.5 Å². The molecule has 4 N–H and O–H groups in total. The number of benzene rings is 1. The Labute approximate surface area is 176 Å². The molecule has 1 aromatic carbocycles. The van der Waals surface area contributed by atoms with Crippen molar-refractivity contribution in [2.45, 2.75) is 24.4 Å². The zero-order valence-electron chi connectivity index (χ0n) is 17.7. The summed E-state index contributed by atoms with van der Waals surface area (Å²) in [6.07, 6.45) is -1.89. The first-order valence-electron chi connectivity index (χ1n) is 10.1. The number of nitrogens with zero attached hydrogens (tertiary/aromatic N) is 2. The summed E-state index contributed by atoms with van der Waals surface area (Å²) < 4.78 is 16.3. The molecular weight excluding hydrogens is 392 g/mol. The number of carbonyl (C=O) groups is 1. The lowest BCUT2D eigenvalue weighted by atomic mass is 10.0. The van der Waals surface area contributed by atoms with Gasteiger partial charge in [0.2, 0.25) is 0 Å².